The van der Waals surface area contributed by atoms with Crippen LogP contribution >= 0.6 is 11.3 Å². The molecule has 0 amide bonds. The molecule has 0 bridgehead atoms. The molecule has 1 fully saturated rings. The van der Waals surface area contributed by atoms with E-state index >= 15 is 0 Å². The quantitative estimate of drug-likeness (QED) is 0.854. The summed E-state index contributed by atoms with van der Waals surface area (Å²) in [6, 6.07) is 8.84. The summed E-state index contributed by atoms with van der Waals surface area (Å²) in [7, 11) is 0. The maximum absolute atomic E-state index is 4.80. The van der Waals surface area contributed by atoms with Crippen molar-refractivity contribution < 1.29 is 0 Å². The summed E-state index contributed by atoms with van der Waals surface area (Å²) in [5, 5.41) is 10.4. The topological polar surface area (TPSA) is 37.0 Å². The number of rotatable bonds is 5. The summed E-state index contributed by atoms with van der Waals surface area (Å²) in [5.41, 5.74) is 3.87. The highest BCUT2D eigenvalue weighted by Crippen LogP contribution is 2.27. The van der Waals surface area contributed by atoms with Crippen molar-refractivity contribution in [2.24, 2.45) is 5.92 Å². The van der Waals surface area contributed by atoms with Crippen LogP contribution in [0.2, 0.25) is 0 Å². The van der Waals surface area contributed by atoms with E-state index in [2.05, 4.69) is 61.1 Å². The number of piperidine rings is 1. The Kier molecular flexibility index (Phi) is 5.69. The lowest BCUT2D eigenvalue weighted by Gasteiger charge is -2.22. The first-order chi connectivity index (χ1) is 11.5. The molecule has 1 saturated heterocycles. The molecule has 1 aliphatic heterocycles. The molecule has 1 aromatic heterocycles. The third kappa shape index (κ3) is 4.65. The van der Waals surface area contributed by atoms with Gasteiger partial charge in [-0.3, -0.25) is 0 Å². The van der Waals surface area contributed by atoms with Gasteiger partial charge in [-0.2, -0.15) is 0 Å². The first-order valence-electron chi connectivity index (χ1n) is 8.99. The highest BCUT2D eigenvalue weighted by Gasteiger charge is 2.14. The van der Waals surface area contributed by atoms with Crippen LogP contribution in [-0.4, -0.2) is 24.6 Å². The Morgan fingerprint density at radius 3 is 2.54 bits per heavy atom. The smallest absolute Gasteiger partial charge is 0.107 e. The largest absolute Gasteiger partial charge is 0.317 e. The lowest BCUT2D eigenvalue weighted by atomic mass is 9.86. The standard InChI is InChI=1S/C20H29N3S/c1-20(2,3)17-6-4-16(5-7-17)18-14-24-19(23-18)13-22-12-15-8-10-21-11-9-15/h4-7,14-15,21-22H,8-13H2,1-3H3. The first-order valence-corrected chi connectivity index (χ1v) is 9.87. The van der Waals surface area contributed by atoms with Crippen LogP contribution in [0, 0.1) is 5.92 Å². The minimum absolute atomic E-state index is 0.199. The second kappa shape index (κ2) is 7.77. The van der Waals surface area contributed by atoms with E-state index in [4.69, 9.17) is 4.98 Å². The Balaban J connectivity index is 1.55. The zero-order chi connectivity index (χ0) is 17.0. The first kappa shape index (κ1) is 17.6. The molecule has 0 spiro atoms. The van der Waals surface area contributed by atoms with E-state index in [1.165, 1.54) is 29.0 Å². The average Bonchev–Trinajstić information content (AvgIpc) is 3.04. The fourth-order valence-electron chi connectivity index (χ4n) is 3.13. The molecule has 2 N–H and O–H groups in total. The van der Waals surface area contributed by atoms with Crippen molar-refractivity contribution in [1.82, 2.24) is 15.6 Å². The Morgan fingerprint density at radius 1 is 1.17 bits per heavy atom. The van der Waals surface area contributed by atoms with Gasteiger partial charge in [0.25, 0.3) is 0 Å². The molecular formula is C20H29N3S. The average molecular weight is 344 g/mol. The van der Waals surface area contributed by atoms with E-state index in [-0.39, 0.29) is 5.41 Å². The Labute approximate surface area is 149 Å². The number of nitrogens with one attached hydrogen (secondary N) is 2. The summed E-state index contributed by atoms with van der Waals surface area (Å²) in [6.45, 7) is 11.1. The lowest BCUT2D eigenvalue weighted by Crippen LogP contribution is -2.33. The Hall–Kier alpha value is -1.23. The van der Waals surface area contributed by atoms with Gasteiger partial charge in [0.05, 0.1) is 5.69 Å². The number of nitrogens with zero attached hydrogens (tertiary/aromatic N) is 1. The summed E-state index contributed by atoms with van der Waals surface area (Å²) >= 11 is 1.75. The van der Waals surface area contributed by atoms with Crippen molar-refractivity contribution in [2.45, 2.75) is 45.6 Å². The molecule has 1 aromatic carbocycles. The maximum Gasteiger partial charge on any atom is 0.107 e. The van der Waals surface area contributed by atoms with Gasteiger partial charge in [-0.1, -0.05) is 45.0 Å². The van der Waals surface area contributed by atoms with Gasteiger partial charge in [0, 0.05) is 17.5 Å². The van der Waals surface area contributed by atoms with E-state index in [0.29, 0.717) is 0 Å². The minimum atomic E-state index is 0.199. The summed E-state index contributed by atoms with van der Waals surface area (Å²) in [6.07, 6.45) is 2.58. The van der Waals surface area contributed by atoms with Crippen LogP contribution in [0.15, 0.2) is 29.6 Å². The maximum atomic E-state index is 4.80. The van der Waals surface area contributed by atoms with Gasteiger partial charge >= 0.3 is 0 Å². The normalized spacial score (nSPS) is 16.5. The van der Waals surface area contributed by atoms with Crippen molar-refractivity contribution in [3.63, 3.8) is 0 Å². The molecule has 2 aromatic rings. The second-order valence-electron chi connectivity index (χ2n) is 7.78. The summed E-state index contributed by atoms with van der Waals surface area (Å²) in [5.74, 6) is 0.815. The van der Waals surface area contributed by atoms with Gasteiger partial charge in [0.1, 0.15) is 5.01 Å². The van der Waals surface area contributed by atoms with Crippen molar-refractivity contribution >= 4 is 11.3 Å². The molecular weight excluding hydrogens is 314 g/mol. The molecule has 0 unspecified atom stereocenters. The number of benzene rings is 1. The van der Waals surface area contributed by atoms with Gasteiger partial charge in [-0.05, 0) is 49.4 Å². The molecule has 0 radical (unpaired) electrons. The number of aromatic nitrogens is 1. The fraction of sp³-hybridized carbons (Fsp3) is 0.550. The third-order valence-electron chi connectivity index (χ3n) is 4.77. The second-order valence-corrected chi connectivity index (χ2v) is 8.72. The predicted molar refractivity (Wildman–Crippen MR) is 104 cm³/mol. The highest BCUT2D eigenvalue weighted by molar-refractivity contribution is 7.09. The number of hydrogen-bond acceptors (Lipinski definition) is 4. The molecule has 1 aliphatic rings. The molecule has 130 valence electrons. The fourth-order valence-corrected chi connectivity index (χ4v) is 3.91. The van der Waals surface area contributed by atoms with Gasteiger partial charge in [0.15, 0.2) is 0 Å². The zero-order valence-electron chi connectivity index (χ0n) is 15.1. The number of thiazole rings is 1. The van der Waals surface area contributed by atoms with Crippen molar-refractivity contribution in [1.29, 1.82) is 0 Å². The van der Waals surface area contributed by atoms with Crippen LogP contribution in [-0.2, 0) is 12.0 Å². The van der Waals surface area contributed by atoms with Crippen molar-refractivity contribution in [2.75, 3.05) is 19.6 Å². The predicted octanol–water partition coefficient (Wildman–Crippen LogP) is 4.20. The molecule has 2 heterocycles. The molecule has 0 aliphatic carbocycles. The van der Waals surface area contributed by atoms with E-state index in [9.17, 15) is 0 Å². The third-order valence-corrected chi connectivity index (χ3v) is 5.62. The van der Waals surface area contributed by atoms with Crippen LogP contribution in [0.5, 0.6) is 0 Å². The molecule has 0 saturated carbocycles. The summed E-state index contributed by atoms with van der Waals surface area (Å²) in [4.78, 5) is 4.80. The van der Waals surface area contributed by atoms with Crippen molar-refractivity contribution in [3.05, 3.63) is 40.2 Å². The van der Waals surface area contributed by atoms with Gasteiger partial charge < -0.3 is 10.6 Å². The highest BCUT2D eigenvalue weighted by atomic mass is 32.1. The van der Waals surface area contributed by atoms with Gasteiger partial charge in [-0.15, -0.1) is 11.3 Å². The zero-order valence-corrected chi connectivity index (χ0v) is 15.9. The minimum Gasteiger partial charge on any atom is -0.317 e. The number of hydrogen-bond donors (Lipinski definition) is 2. The van der Waals surface area contributed by atoms with Crippen LogP contribution in [0.4, 0.5) is 0 Å². The van der Waals surface area contributed by atoms with Gasteiger partial charge in [-0.25, -0.2) is 4.98 Å². The monoisotopic (exact) mass is 343 g/mol. The van der Waals surface area contributed by atoms with Crippen molar-refractivity contribution in [3.8, 4) is 11.3 Å². The molecule has 3 rings (SSSR count). The molecule has 3 nitrogen and oxygen atoms in total. The van der Waals surface area contributed by atoms with E-state index in [1.807, 2.05) is 0 Å². The lowest BCUT2D eigenvalue weighted by molar-refractivity contribution is 0.356. The van der Waals surface area contributed by atoms with Crippen LogP contribution < -0.4 is 10.6 Å². The Bertz CT molecular complexity index is 634. The van der Waals surface area contributed by atoms with Gasteiger partial charge in [0.2, 0.25) is 0 Å². The molecule has 0 atom stereocenters. The van der Waals surface area contributed by atoms with E-state index in [1.54, 1.807) is 11.3 Å². The van der Waals surface area contributed by atoms with Crippen LogP contribution in [0.1, 0.15) is 44.2 Å². The summed E-state index contributed by atoms with van der Waals surface area (Å²) < 4.78 is 0. The van der Waals surface area contributed by atoms with Crippen LogP contribution in [0.3, 0.4) is 0 Å². The van der Waals surface area contributed by atoms with E-state index in [0.717, 1.165) is 37.8 Å². The molecule has 24 heavy (non-hydrogen) atoms. The Morgan fingerprint density at radius 2 is 1.88 bits per heavy atom. The van der Waals surface area contributed by atoms with E-state index < -0.39 is 0 Å². The van der Waals surface area contributed by atoms with Crippen LogP contribution in [0.25, 0.3) is 11.3 Å². The molecule has 4 heteroatoms. The SMILES string of the molecule is CC(C)(C)c1ccc(-c2csc(CNCC3CCNCC3)n2)cc1.